The van der Waals surface area contributed by atoms with E-state index in [2.05, 4.69) is 25.2 Å². The van der Waals surface area contributed by atoms with Gasteiger partial charge in [-0.2, -0.15) is 0 Å². The number of ether oxygens (including phenoxy) is 1. The van der Waals surface area contributed by atoms with E-state index in [0.717, 1.165) is 48.7 Å². The maximum Gasteiger partial charge on any atom is 0.188 e. The van der Waals surface area contributed by atoms with Gasteiger partial charge in [0.1, 0.15) is 11.5 Å². The van der Waals surface area contributed by atoms with E-state index in [1.807, 2.05) is 18.2 Å². The number of benzene rings is 1. The quantitative estimate of drug-likeness (QED) is 0.498. The fourth-order valence-corrected chi connectivity index (χ4v) is 8.76. The molecule has 174 valence electrons. The summed E-state index contributed by atoms with van der Waals surface area (Å²) in [4.78, 5) is 19.2. The molecule has 0 spiro atoms. The lowest BCUT2D eigenvalue weighted by Gasteiger charge is -2.55. The number of hydrogen-bond donors (Lipinski definition) is 1. The van der Waals surface area contributed by atoms with Crippen molar-refractivity contribution in [1.29, 1.82) is 0 Å². The van der Waals surface area contributed by atoms with Crippen LogP contribution in [-0.4, -0.2) is 17.9 Å². The first-order chi connectivity index (χ1) is 15.8. The number of Topliss-reactive ketones (excluding diaryl/α,β-unsaturated/α-hetero) is 1. The minimum absolute atomic E-state index is 0.0730. The second-order valence-corrected chi connectivity index (χ2v) is 12.3. The van der Waals surface area contributed by atoms with Gasteiger partial charge in [0.25, 0.3) is 0 Å². The average molecular weight is 483 g/mol. The second-order valence-electron chi connectivity index (χ2n) is 10.8. The number of thiazole rings is 1. The third kappa shape index (κ3) is 3.15. The summed E-state index contributed by atoms with van der Waals surface area (Å²) >= 11 is 7.98. The van der Waals surface area contributed by atoms with Crippen LogP contribution in [0.15, 0.2) is 24.3 Å². The van der Waals surface area contributed by atoms with Crippen molar-refractivity contribution in [3.05, 3.63) is 39.9 Å². The van der Waals surface area contributed by atoms with E-state index in [1.165, 1.54) is 29.0 Å². The smallest absolute Gasteiger partial charge is 0.188 e. The third-order valence-electron chi connectivity index (χ3n) is 9.40. The summed E-state index contributed by atoms with van der Waals surface area (Å²) in [6.45, 7) is 4.73. The molecule has 1 aromatic carbocycles. The van der Waals surface area contributed by atoms with Crippen molar-refractivity contribution in [2.45, 2.75) is 58.8 Å². The Morgan fingerprint density at radius 1 is 1.15 bits per heavy atom. The number of anilines is 2. The van der Waals surface area contributed by atoms with E-state index in [4.69, 9.17) is 21.3 Å². The minimum Gasteiger partial charge on any atom is -0.495 e. The van der Waals surface area contributed by atoms with Gasteiger partial charge in [-0.1, -0.05) is 31.5 Å². The molecule has 0 unspecified atom stereocenters. The fraction of sp³-hybridized carbons (Fsp3) is 0.556. The molecule has 2 aromatic rings. The highest BCUT2D eigenvalue weighted by atomic mass is 35.5. The van der Waals surface area contributed by atoms with Crippen molar-refractivity contribution in [2.24, 2.45) is 28.6 Å². The number of ketones is 1. The summed E-state index contributed by atoms with van der Waals surface area (Å²) in [7, 11) is 1.67. The molecule has 6 heteroatoms. The molecule has 0 amide bonds. The van der Waals surface area contributed by atoms with Crippen LogP contribution in [0.3, 0.4) is 0 Å². The SMILES string of the molecule is COc1ccc(Cl)cc1Nc1nc2c(s1)CC[C@@]1(C)C2=CC[C@@H]2[C@@H]1CC[C@]1(C)C(=O)CC[C@@H]21. The molecule has 0 radical (unpaired) electrons. The van der Waals surface area contributed by atoms with Crippen LogP contribution in [0.1, 0.15) is 62.9 Å². The van der Waals surface area contributed by atoms with Crippen LogP contribution in [0, 0.1) is 28.6 Å². The van der Waals surface area contributed by atoms with Crippen LogP contribution in [0.2, 0.25) is 5.02 Å². The highest BCUT2D eigenvalue weighted by Crippen LogP contribution is 2.65. The van der Waals surface area contributed by atoms with Gasteiger partial charge < -0.3 is 10.1 Å². The molecule has 5 atom stereocenters. The summed E-state index contributed by atoms with van der Waals surface area (Å²) in [5.74, 6) is 3.12. The number of methoxy groups -OCH3 is 1. The highest BCUT2D eigenvalue weighted by Gasteiger charge is 2.58. The first-order valence-corrected chi connectivity index (χ1v) is 13.4. The lowest BCUT2D eigenvalue weighted by atomic mass is 9.48. The summed E-state index contributed by atoms with van der Waals surface area (Å²) in [6, 6.07) is 5.60. The minimum atomic E-state index is -0.0730. The van der Waals surface area contributed by atoms with Gasteiger partial charge in [0, 0.05) is 21.7 Å². The predicted molar refractivity (Wildman–Crippen MR) is 134 cm³/mol. The van der Waals surface area contributed by atoms with Crippen LogP contribution in [-0.2, 0) is 11.2 Å². The molecule has 6 rings (SSSR count). The monoisotopic (exact) mass is 482 g/mol. The van der Waals surface area contributed by atoms with Crippen molar-refractivity contribution in [1.82, 2.24) is 4.98 Å². The van der Waals surface area contributed by atoms with Gasteiger partial charge >= 0.3 is 0 Å². The molecule has 4 aliphatic rings. The largest absolute Gasteiger partial charge is 0.495 e. The van der Waals surface area contributed by atoms with E-state index in [0.29, 0.717) is 28.6 Å². The van der Waals surface area contributed by atoms with E-state index >= 15 is 0 Å². The Hall–Kier alpha value is -1.85. The number of rotatable bonds is 3. The Balaban J connectivity index is 1.33. The molecule has 4 aliphatic carbocycles. The Morgan fingerprint density at radius 3 is 2.79 bits per heavy atom. The van der Waals surface area contributed by atoms with Crippen molar-refractivity contribution < 1.29 is 9.53 Å². The Labute approximate surface area is 204 Å². The van der Waals surface area contributed by atoms with E-state index in [-0.39, 0.29) is 10.8 Å². The molecular weight excluding hydrogens is 452 g/mol. The summed E-state index contributed by atoms with van der Waals surface area (Å²) < 4.78 is 5.51. The van der Waals surface area contributed by atoms with Gasteiger partial charge in [-0.05, 0) is 85.5 Å². The van der Waals surface area contributed by atoms with Crippen LogP contribution in [0.25, 0.3) is 5.57 Å². The number of nitrogens with one attached hydrogen (secondary N) is 1. The number of allylic oxidation sites excluding steroid dienone is 2. The zero-order chi connectivity index (χ0) is 23.0. The van der Waals surface area contributed by atoms with Gasteiger partial charge in [-0.15, -0.1) is 11.3 Å². The topological polar surface area (TPSA) is 51.2 Å². The van der Waals surface area contributed by atoms with Crippen LogP contribution in [0.4, 0.5) is 10.8 Å². The maximum absolute atomic E-state index is 12.7. The third-order valence-corrected chi connectivity index (χ3v) is 10.7. The first kappa shape index (κ1) is 21.7. The Morgan fingerprint density at radius 2 is 1.97 bits per heavy atom. The number of carbonyl (C=O) groups excluding carboxylic acids is 1. The lowest BCUT2D eigenvalue weighted by molar-refractivity contribution is -0.131. The maximum atomic E-state index is 12.7. The summed E-state index contributed by atoms with van der Waals surface area (Å²) in [5, 5.41) is 5.02. The fourth-order valence-electron chi connectivity index (χ4n) is 7.60. The zero-order valence-electron chi connectivity index (χ0n) is 19.5. The van der Waals surface area contributed by atoms with Crippen LogP contribution >= 0.6 is 22.9 Å². The van der Waals surface area contributed by atoms with Gasteiger partial charge in [-0.3, -0.25) is 4.79 Å². The number of hydrogen-bond acceptors (Lipinski definition) is 5. The molecule has 2 saturated carbocycles. The standard InChI is InChI=1S/C27H31ClN2O2S/c1-26-13-11-22-24(30-25(33-22)29-20-14-15(28)4-8-21(20)32-3)19(26)6-5-16-17-7-9-23(31)27(17,2)12-10-18(16)26/h4,6,8,14,16-18H,5,7,9-13H2,1-3H3,(H,29,30)/t16-,17-,18-,26+,27-/m0/s1. The van der Waals surface area contributed by atoms with Crippen molar-refractivity contribution >= 4 is 45.1 Å². The molecule has 1 heterocycles. The van der Waals surface area contributed by atoms with Gasteiger partial charge in [-0.25, -0.2) is 4.98 Å². The van der Waals surface area contributed by atoms with E-state index < -0.39 is 0 Å². The Kier molecular flexibility index (Phi) is 4.97. The molecule has 4 nitrogen and oxygen atoms in total. The number of halogens is 1. The van der Waals surface area contributed by atoms with Gasteiger partial charge in [0.05, 0.1) is 18.5 Å². The Bertz CT molecular complexity index is 1170. The number of aromatic nitrogens is 1. The molecule has 0 aliphatic heterocycles. The van der Waals surface area contributed by atoms with E-state index in [9.17, 15) is 4.79 Å². The zero-order valence-corrected chi connectivity index (χ0v) is 21.1. The van der Waals surface area contributed by atoms with Gasteiger partial charge in [0.2, 0.25) is 0 Å². The second kappa shape index (κ2) is 7.58. The number of aryl methyl sites for hydroxylation is 1. The molecule has 33 heavy (non-hydrogen) atoms. The molecule has 0 bridgehead atoms. The molecule has 1 N–H and O–H groups in total. The number of carbonyl (C=O) groups is 1. The number of nitrogens with zero attached hydrogens (tertiary/aromatic N) is 1. The van der Waals surface area contributed by atoms with Crippen molar-refractivity contribution in [2.75, 3.05) is 12.4 Å². The van der Waals surface area contributed by atoms with E-state index in [1.54, 1.807) is 18.4 Å². The highest BCUT2D eigenvalue weighted by molar-refractivity contribution is 7.15. The van der Waals surface area contributed by atoms with Crippen LogP contribution < -0.4 is 10.1 Å². The summed E-state index contributed by atoms with van der Waals surface area (Å²) in [6.07, 6.45) is 9.92. The molecule has 0 saturated heterocycles. The molecule has 1 aromatic heterocycles. The van der Waals surface area contributed by atoms with Crippen molar-refractivity contribution in [3.63, 3.8) is 0 Å². The molecule has 2 fully saturated rings. The lowest BCUT2D eigenvalue weighted by Crippen LogP contribution is -2.49. The van der Waals surface area contributed by atoms with Crippen molar-refractivity contribution in [3.8, 4) is 5.75 Å². The van der Waals surface area contributed by atoms with Gasteiger partial charge in [0.15, 0.2) is 5.13 Å². The normalized spacial score (nSPS) is 34.6. The summed E-state index contributed by atoms with van der Waals surface area (Å²) in [5.41, 5.74) is 3.55. The van der Waals surface area contributed by atoms with Crippen LogP contribution in [0.5, 0.6) is 5.75 Å². The average Bonchev–Trinajstić information content (AvgIpc) is 3.33. The predicted octanol–water partition coefficient (Wildman–Crippen LogP) is 7.30. The molecular formula is C27H31ClN2O2S. The number of fused-ring (bicyclic) bond motifs is 7. The first-order valence-electron chi connectivity index (χ1n) is 12.2.